The molecular weight excluding hydrogens is 498 g/mol. The molecule has 0 bridgehead atoms. The normalized spacial score (nSPS) is 23.0. The van der Waals surface area contributed by atoms with Gasteiger partial charge in [-0.25, -0.2) is 0 Å². The van der Waals surface area contributed by atoms with Crippen LogP contribution in [-0.2, 0) is 25.7 Å². The first-order chi connectivity index (χ1) is 16.7. The number of esters is 1. The number of hydrogen-bond donors (Lipinski definition) is 1. The quantitative estimate of drug-likeness (QED) is 0.244. The number of carbonyl (C=O) groups is 3. The Balaban J connectivity index is 1.25. The van der Waals surface area contributed by atoms with Crippen LogP contribution in [0.4, 0.5) is 5.69 Å². The van der Waals surface area contributed by atoms with Crippen molar-refractivity contribution in [2.75, 3.05) is 18.9 Å². The van der Waals surface area contributed by atoms with Crippen molar-refractivity contribution in [1.29, 1.82) is 0 Å². The summed E-state index contributed by atoms with van der Waals surface area (Å²) in [6.07, 6.45) is 0. The molecular formula is C23H22ClN3O7S. The number of thioether (sulfide) groups is 1. The summed E-state index contributed by atoms with van der Waals surface area (Å²) < 4.78 is 10.8. The largest absolute Gasteiger partial charge is 0.484 e. The van der Waals surface area contributed by atoms with Crippen LogP contribution < -0.4 is 10.1 Å². The lowest BCUT2D eigenvalue weighted by Gasteiger charge is -2.53. The first-order valence-electron chi connectivity index (χ1n) is 10.7. The highest BCUT2D eigenvalue weighted by molar-refractivity contribution is 8.00. The molecule has 2 aromatic rings. The molecule has 1 N–H and O–H groups in total. The molecule has 12 heteroatoms. The number of ether oxygens (including phenoxy) is 2. The van der Waals surface area contributed by atoms with Gasteiger partial charge < -0.3 is 19.7 Å². The number of benzene rings is 2. The Kier molecular flexibility index (Phi) is 7.18. The molecule has 2 unspecified atom stereocenters. The van der Waals surface area contributed by atoms with Crippen LogP contribution in [0.25, 0.3) is 0 Å². The Hall–Kier alpha value is -3.31. The molecule has 2 heterocycles. The average molecular weight is 520 g/mol. The van der Waals surface area contributed by atoms with E-state index in [1.165, 1.54) is 36.0 Å². The molecule has 0 aromatic heterocycles. The SMILES string of the molecule is CC1(C(=O)OCc2ccc([N+](=O)[O-])cc2)CS[C@@H]2C(NC(=O)COc3ccc(Cl)cc3)C(=O)N2C1. The van der Waals surface area contributed by atoms with Crippen molar-refractivity contribution < 1.29 is 28.8 Å². The molecule has 2 saturated heterocycles. The number of nitro groups is 1. The third kappa shape index (κ3) is 5.51. The van der Waals surface area contributed by atoms with Crippen molar-refractivity contribution in [3.05, 3.63) is 69.2 Å². The minimum Gasteiger partial charge on any atom is -0.484 e. The number of fused-ring (bicyclic) bond motifs is 1. The van der Waals surface area contributed by atoms with Gasteiger partial charge in [-0.05, 0) is 48.9 Å². The fraction of sp³-hybridized carbons (Fsp3) is 0.348. The van der Waals surface area contributed by atoms with Gasteiger partial charge in [0, 0.05) is 29.5 Å². The maximum absolute atomic E-state index is 12.8. The second-order valence-corrected chi connectivity index (χ2v) is 10.1. The molecule has 10 nitrogen and oxygen atoms in total. The van der Waals surface area contributed by atoms with Crippen molar-refractivity contribution in [1.82, 2.24) is 10.2 Å². The summed E-state index contributed by atoms with van der Waals surface area (Å²) in [5.74, 6) is -0.251. The standard InChI is InChI=1S/C23H22ClN3O7S/c1-23(22(30)34-10-14-2-6-16(7-3-14)27(31)32)12-26-20(29)19(21(26)35-13-23)25-18(28)11-33-17-8-4-15(24)5-9-17/h2-9,19,21H,10-13H2,1H3,(H,25,28)/t19?,21-,23?/m1/s1. The van der Waals surface area contributed by atoms with E-state index in [0.29, 0.717) is 22.1 Å². The second-order valence-electron chi connectivity index (χ2n) is 8.52. The van der Waals surface area contributed by atoms with E-state index in [1.54, 1.807) is 36.1 Å². The lowest BCUT2D eigenvalue weighted by Crippen LogP contribution is -2.73. The zero-order chi connectivity index (χ0) is 25.2. The van der Waals surface area contributed by atoms with Crippen LogP contribution in [0.15, 0.2) is 48.5 Å². The van der Waals surface area contributed by atoms with Crippen molar-refractivity contribution in [2.24, 2.45) is 5.41 Å². The molecule has 0 aliphatic carbocycles. The van der Waals surface area contributed by atoms with Crippen LogP contribution in [0.1, 0.15) is 12.5 Å². The minimum absolute atomic E-state index is 0.0270. The number of β-lactam (4-membered cyclic amide) rings is 1. The van der Waals surface area contributed by atoms with E-state index in [1.807, 2.05) is 0 Å². The van der Waals surface area contributed by atoms with Gasteiger partial charge in [0.25, 0.3) is 11.6 Å². The van der Waals surface area contributed by atoms with Crippen LogP contribution in [0.2, 0.25) is 5.02 Å². The van der Waals surface area contributed by atoms with Crippen molar-refractivity contribution in [3.8, 4) is 5.75 Å². The Morgan fingerprint density at radius 2 is 1.91 bits per heavy atom. The molecule has 2 aliphatic heterocycles. The van der Waals surface area contributed by atoms with Crippen molar-refractivity contribution >= 4 is 46.8 Å². The van der Waals surface area contributed by atoms with E-state index in [9.17, 15) is 24.5 Å². The maximum Gasteiger partial charge on any atom is 0.314 e. The molecule has 0 spiro atoms. The summed E-state index contributed by atoms with van der Waals surface area (Å²) in [6, 6.07) is 11.7. The molecule has 0 saturated carbocycles. The first kappa shape index (κ1) is 24.8. The molecule has 4 rings (SSSR count). The average Bonchev–Trinajstić information content (AvgIpc) is 2.85. The van der Waals surface area contributed by atoms with Gasteiger partial charge in [0.1, 0.15) is 23.8 Å². The topological polar surface area (TPSA) is 128 Å². The van der Waals surface area contributed by atoms with Gasteiger partial charge in [-0.2, -0.15) is 0 Å². The van der Waals surface area contributed by atoms with Gasteiger partial charge >= 0.3 is 5.97 Å². The fourth-order valence-corrected chi connectivity index (χ4v) is 5.37. The van der Waals surface area contributed by atoms with E-state index in [4.69, 9.17) is 21.1 Å². The van der Waals surface area contributed by atoms with Gasteiger partial charge in [0.05, 0.1) is 10.3 Å². The summed E-state index contributed by atoms with van der Waals surface area (Å²) >= 11 is 7.23. The van der Waals surface area contributed by atoms with Gasteiger partial charge in [0.2, 0.25) is 5.91 Å². The summed E-state index contributed by atoms with van der Waals surface area (Å²) in [7, 11) is 0. The van der Waals surface area contributed by atoms with Crippen LogP contribution in [-0.4, -0.2) is 57.9 Å². The molecule has 0 radical (unpaired) electrons. The smallest absolute Gasteiger partial charge is 0.314 e. The molecule has 2 aromatic carbocycles. The number of carbonyl (C=O) groups excluding carboxylic acids is 3. The number of nitro benzene ring substituents is 1. The minimum atomic E-state index is -0.912. The highest BCUT2D eigenvalue weighted by Gasteiger charge is 2.56. The molecule has 184 valence electrons. The van der Waals surface area contributed by atoms with E-state index in [0.717, 1.165) is 0 Å². The van der Waals surface area contributed by atoms with Gasteiger partial charge in [0.15, 0.2) is 6.61 Å². The number of nitrogens with zero attached hydrogens (tertiary/aromatic N) is 2. The second kappa shape index (κ2) is 10.1. The van der Waals surface area contributed by atoms with Gasteiger partial charge in [-0.3, -0.25) is 24.5 Å². The Morgan fingerprint density at radius 3 is 2.57 bits per heavy atom. The number of non-ortho nitro benzene ring substituents is 1. The Labute approximate surface area is 210 Å². The van der Waals surface area contributed by atoms with Gasteiger partial charge in [-0.15, -0.1) is 11.8 Å². The predicted molar refractivity (Wildman–Crippen MR) is 128 cm³/mol. The number of rotatable bonds is 8. The predicted octanol–water partition coefficient (Wildman–Crippen LogP) is 2.78. The number of amides is 2. The monoisotopic (exact) mass is 519 g/mol. The van der Waals surface area contributed by atoms with E-state index >= 15 is 0 Å². The van der Waals surface area contributed by atoms with Gasteiger partial charge in [-0.1, -0.05) is 11.6 Å². The van der Waals surface area contributed by atoms with Crippen LogP contribution in [0.5, 0.6) is 5.75 Å². The summed E-state index contributed by atoms with van der Waals surface area (Å²) in [4.78, 5) is 49.5. The Morgan fingerprint density at radius 1 is 1.23 bits per heavy atom. The fourth-order valence-electron chi connectivity index (χ4n) is 3.76. The zero-order valence-electron chi connectivity index (χ0n) is 18.6. The number of nitrogens with one attached hydrogen (secondary N) is 1. The lowest BCUT2D eigenvalue weighted by molar-refractivity contribution is -0.384. The van der Waals surface area contributed by atoms with Crippen LogP contribution in [0.3, 0.4) is 0 Å². The molecule has 3 atom stereocenters. The van der Waals surface area contributed by atoms with Crippen molar-refractivity contribution in [2.45, 2.75) is 24.9 Å². The summed E-state index contributed by atoms with van der Waals surface area (Å²) in [5, 5.41) is 13.7. The maximum atomic E-state index is 12.8. The van der Waals surface area contributed by atoms with Crippen LogP contribution in [0, 0.1) is 15.5 Å². The molecule has 35 heavy (non-hydrogen) atoms. The zero-order valence-corrected chi connectivity index (χ0v) is 20.2. The summed E-state index contributed by atoms with van der Waals surface area (Å²) in [5.41, 5.74) is -0.335. The van der Waals surface area contributed by atoms with Crippen molar-refractivity contribution in [3.63, 3.8) is 0 Å². The Bertz CT molecular complexity index is 1140. The molecule has 2 fully saturated rings. The number of hydrogen-bond acceptors (Lipinski definition) is 8. The highest BCUT2D eigenvalue weighted by atomic mass is 35.5. The third-order valence-electron chi connectivity index (χ3n) is 5.74. The lowest BCUT2D eigenvalue weighted by atomic mass is 9.89. The number of halogens is 1. The van der Waals surface area contributed by atoms with E-state index in [2.05, 4.69) is 5.32 Å². The molecule has 2 aliphatic rings. The molecule has 2 amide bonds. The van der Waals surface area contributed by atoms with Crippen LogP contribution >= 0.6 is 23.4 Å². The highest BCUT2D eigenvalue weighted by Crippen LogP contribution is 2.42. The van der Waals surface area contributed by atoms with E-state index in [-0.39, 0.29) is 36.7 Å². The summed E-state index contributed by atoms with van der Waals surface area (Å²) in [6.45, 7) is 1.64. The first-order valence-corrected chi connectivity index (χ1v) is 12.1. The van der Waals surface area contributed by atoms with E-state index < -0.39 is 28.3 Å². The third-order valence-corrected chi connectivity index (χ3v) is 7.67.